The van der Waals surface area contributed by atoms with Crippen LogP contribution in [0, 0.1) is 12.8 Å². The van der Waals surface area contributed by atoms with E-state index >= 15 is 0 Å². The Labute approximate surface area is 72.6 Å². The van der Waals surface area contributed by atoms with Crippen LogP contribution in [-0.4, -0.2) is 16.1 Å². The molecule has 1 aromatic heterocycles. The first kappa shape index (κ1) is 7.80. The van der Waals surface area contributed by atoms with Gasteiger partial charge in [-0.05, 0) is 25.7 Å². The molecule has 0 spiro atoms. The number of nitrogens with zero attached hydrogens (tertiary/aromatic N) is 2. The van der Waals surface area contributed by atoms with Crippen LogP contribution in [0.1, 0.15) is 24.6 Å². The molecule has 1 aliphatic carbocycles. The Kier molecular flexibility index (Phi) is 1.89. The Morgan fingerprint density at radius 3 is 2.92 bits per heavy atom. The Balaban J connectivity index is 2.20. The predicted octanol–water partition coefficient (Wildman–Crippen LogP) is 1.10. The van der Waals surface area contributed by atoms with E-state index in [1.807, 2.05) is 12.5 Å². The lowest BCUT2D eigenvalue weighted by Crippen LogP contribution is -2.21. The fraction of sp³-hybridized carbons (Fsp3) is 0.667. The van der Waals surface area contributed by atoms with Crippen LogP contribution in [0.15, 0.2) is 12.5 Å². The molecule has 1 unspecified atom stereocenters. The van der Waals surface area contributed by atoms with Crippen molar-refractivity contribution in [3.63, 3.8) is 0 Å². The summed E-state index contributed by atoms with van der Waals surface area (Å²) in [6.45, 7) is 2.82. The molecule has 2 N–H and O–H groups in total. The van der Waals surface area contributed by atoms with E-state index in [2.05, 4.69) is 16.5 Å². The molecule has 3 heteroatoms. The highest BCUT2D eigenvalue weighted by Gasteiger charge is 2.31. The largest absolute Gasteiger partial charge is 0.330 e. The van der Waals surface area contributed by atoms with E-state index in [0.29, 0.717) is 6.04 Å². The SMILES string of the molecule is Cc1cncn1C(CN)C1CC1. The lowest BCUT2D eigenvalue weighted by molar-refractivity contribution is 0.447. The average molecular weight is 165 g/mol. The Bertz CT molecular complexity index is 262. The number of aryl methyl sites for hydroxylation is 1. The number of imidazole rings is 1. The van der Waals surface area contributed by atoms with E-state index in [-0.39, 0.29) is 0 Å². The molecule has 0 amide bonds. The molecule has 0 aromatic carbocycles. The Morgan fingerprint density at radius 2 is 2.50 bits per heavy atom. The Morgan fingerprint density at radius 1 is 1.75 bits per heavy atom. The van der Waals surface area contributed by atoms with Gasteiger partial charge in [0.05, 0.1) is 6.33 Å². The predicted molar refractivity (Wildman–Crippen MR) is 47.8 cm³/mol. The molecule has 1 atom stereocenters. The van der Waals surface area contributed by atoms with E-state index in [9.17, 15) is 0 Å². The van der Waals surface area contributed by atoms with E-state index in [1.54, 1.807) is 0 Å². The van der Waals surface area contributed by atoms with Crippen molar-refractivity contribution in [1.82, 2.24) is 9.55 Å². The maximum Gasteiger partial charge on any atom is 0.0951 e. The number of hydrogen-bond donors (Lipinski definition) is 1. The van der Waals surface area contributed by atoms with Gasteiger partial charge in [-0.1, -0.05) is 0 Å². The minimum atomic E-state index is 0.493. The van der Waals surface area contributed by atoms with E-state index in [4.69, 9.17) is 5.73 Å². The van der Waals surface area contributed by atoms with Crippen LogP contribution in [0.3, 0.4) is 0 Å². The second kappa shape index (κ2) is 2.90. The highest BCUT2D eigenvalue weighted by Crippen LogP contribution is 2.39. The third-order valence-electron chi connectivity index (χ3n) is 2.62. The third-order valence-corrected chi connectivity index (χ3v) is 2.62. The van der Waals surface area contributed by atoms with Crippen LogP contribution in [0.4, 0.5) is 0 Å². The molecular formula is C9H15N3. The molecule has 0 aliphatic heterocycles. The normalized spacial score (nSPS) is 19.5. The van der Waals surface area contributed by atoms with E-state index in [0.717, 1.165) is 12.5 Å². The minimum absolute atomic E-state index is 0.493. The van der Waals surface area contributed by atoms with Gasteiger partial charge in [-0.3, -0.25) is 0 Å². The van der Waals surface area contributed by atoms with Gasteiger partial charge in [0, 0.05) is 24.5 Å². The van der Waals surface area contributed by atoms with Gasteiger partial charge in [0.15, 0.2) is 0 Å². The molecule has 2 rings (SSSR count). The maximum atomic E-state index is 5.73. The third kappa shape index (κ3) is 1.25. The first-order chi connectivity index (χ1) is 5.83. The molecule has 1 fully saturated rings. The van der Waals surface area contributed by atoms with Gasteiger partial charge in [-0.25, -0.2) is 4.98 Å². The summed E-state index contributed by atoms with van der Waals surface area (Å²) < 4.78 is 2.21. The monoisotopic (exact) mass is 165 g/mol. The molecule has 1 aromatic rings. The van der Waals surface area contributed by atoms with Gasteiger partial charge in [0.1, 0.15) is 0 Å². The lowest BCUT2D eigenvalue weighted by atomic mass is 10.2. The van der Waals surface area contributed by atoms with E-state index < -0.39 is 0 Å². The van der Waals surface area contributed by atoms with Gasteiger partial charge in [0.25, 0.3) is 0 Å². The molecule has 66 valence electrons. The smallest absolute Gasteiger partial charge is 0.0951 e. The van der Waals surface area contributed by atoms with Gasteiger partial charge in [-0.2, -0.15) is 0 Å². The number of rotatable bonds is 3. The zero-order chi connectivity index (χ0) is 8.55. The minimum Gasteiger partial charge on any atom is -0.330 e. The van der Waals surface area contributed by atoms with Crippen molar-refractivity contribution >= 4 is 0 Å². The van der Waals surface area contributed by atoms with E-state index in [1.165, 1.54) is 18.5 Å². The van der Waals surface area contributed by atoms with Crippen LogP contribution >= 0.6 is 0 Å². The summed E-state index contributed by atoms with van der Waals surface area (Å²) in [7, 11) is 0. The summed E-state index contributed by atoms with van der Waals surface area (Å²) in [6, 6.07) is 0.493. The molecule has 3 nitrogen and oxygen atoms in total. The summed E-state index contributed by atoms with van der Waals surface area (Å²) in [6.07, 6.45) is 6.45. The van der Waals surface area contributed by atoms with Crippen LogP contribution in [-0.2, 0) is 0 Å². The van der Waals surface area contributed by atoms with Crippen LogP contribution in [0.2, 0.25) is 0 Å². The summed E-state index contributed by atoms with van der Waals surface area (Å²) in [5.74, 6) is 0.808. The fourth-order valence-electron chi connectivity index (χ4n) is 1.73. The van der Waals surface area contributed by atoms with Crippen molar-refractivity contribution in [2.75, 3.05) is 6.54 Å². The number of nitrogens with two attached hydrogens (primary N) is 1. The summed E-state index contributed by atoms with van der Waals surface area (Å²) in [5, 5.41) is 0. The second-order valence-electron chi connectivity index (χ2n) is 3.58. The molecule has 1 heterocycles. The number of aromatic nitrogens is 2. The van der Waals surface area contributed by atoms with Gasteiger partial charge >= 0.3 is 0 Å². The molecule has 1 saturated carbocycles. The van der Waals surface area contributed by atoms with Gasteiger partial charge in [-0.15, -0.1) is 0 Å². The standard InChI is InChI=1S/C9H15N3/c1-7-5-11-6-12(7)9(4-10)8-2-3-8/h5-6,8-9H,2-4,10H2,1H3. The summed E-state index contributed by atoms with van der Waals surface area (Å²) in [4.78, 5) is 4.11. The molecule has 0 radical (unpaired) electrons. The van der Waals surface area contributed by atoms with Crippen molar-refractivity contribution in [1.29, 1.82) is 0 Å². The molecule has 0 saturated heterocycles. The summed E-state index contributed by atoms with van der Waals surface area (Å²) in [5.41, 5.74) is 6.94. The highest BCUT2D eigenvalue weighted by atomic mass is 15.1. The molecule has 0 bridgehead atoms. The maximum absolute atomic E-state index is 5.73. The molecule has 1 aliphatic rings. The van der Waals surface area contributed by atoms with Crippen LogP contribution < -0.4 is 5.73 Å². The average Bonchev–Trinajstić information content (AvgIpc) is 2.80. The van der Waals surface area contributed by atoms with Crippen molar-refractivity contribution in [3.8, 4) is 0 Å². The molecular weight excluding hydrogens is 150 g/mol. The van der Waals surface area contributed by atoms with Crippen molar-refractivity contribution in [2.45, 2.75) is 25.8 Å². The first-order valence-corrected chi connectivity index (χ1v) is 4.51. The fourth-order valence-corrected chi connectivity index (χ4v) is 1.73. The summed E-state index contributed by atoms with van der Waals surface area (Å²) >= 11 is 0. The van der Waals surface area contributed by atoms with Gasteiger partial charge in [0.2, 0.25) is 0 Å². The zero-order valence-electron chi connectivity index (χ0n) is 7.40. The lowest BCUT2D eigenvalue weighted by Gasteiger charge is -2.16. The van der Waals surface area contributed by atoms with Crippen molar-refractivity contribution in [2.24, 2.45) is 11.7 Å². The highest BCUT2D eigenvalue weighted by molar-refractivity contribution is 5.00. The van der Waals surface area contributed by atoms with Crippen molar-refractivity contribution < 1.29 is 0 Å². The zero-order valence-corrected chi connectivity index (χ0v) is 7.40. The van der Waals surface area contributed by atoms with Gasteiger partial charge < -0.3 is 10.3 Å². The first-order valence-electron chi connectivity index (χ1n) is 4.51. The number of hydrogen-bond acceptors (Lipinski definition) is 2. The van der Waals surface area contributed by atoms with Crippen molar-refractivity contribution in [3.05, 3.63) is 18.2 Å². The van der Waals surface area contributed by atoms with Crippen LogP contribution in [0.5, 0.6) is 0 Å². The quantitative estimate of drug-likeness (QED) is 0.729. The Hall–Kier alpha value is -0.830. The van der Waals surface area contributed by atoms with Crippen LogP contribution in [0.25, 0.3) is 0 Å². The second-order valence-corrected chi connectivity index (χ2v) is 3.58. The topological polar surface area (TPSA) is 43.8 Å². The molecule has 12 heavy (non-hydrogen) atoms.